The summed E-state index contributed by atoms with van der Waals surface area (Å²) in [7, 11) is 0. The van der Waals surface area contributed by atoms with Gasteiger partial charge in [-0.15, -0.1) is 0 Å². The fourth-order valence-corrected chi connectivity index (χ4v) is 3.51. The predicted molar refractivity (Wildman–Crippen MR) is 103 cm³/mol. The zero-order valence-corrected chi connectivity index (χ0v) is 16.3. The second kappa shape index (κ2) is 11.6. The molecule has 25 heavy (non-hydrogen) atoms. The maximum atomic E-state index is 12.3. The van der Waals surface area contributed by atoms with Crippen molar-refractivity contribution in [3.05, 3.63) is 0 Å². The van der Waals surface area contributed by atoms with E-state index in [4.69, 9.17) is 5.73 Å². The first kappa shape index (κ1) is 22.1. The van der Waals surface area contributed by atoms with E-state index in [-0.39, 0.29) is 17.7 Å². The third kappa shape index (κ3) is 7.87. The molecular weight excluding hydrogens is 362 g/mol. The summed E-state index contributed by atoms with van der Waals surface area (Å²) in [4.78, 5) is 35.2. The van der Waals surface area contributed by atoms with E-state index in [1.165, 1.54) is 0 Å². The lowest BCUT2D eigenvalue weighted by atomic mass is 9.81. The summed E-state index contributed by atoms with van der Waals surface area (Å²) in [6, 6.07) is -1.42. The topological polar surface area (TPSA) is 122 Å². The minimum absolute atomic E-state index is 0.150. The van der Waals surface area contributed by atoms with Gasteiger partial charge in [0, 0.05) is 18.2 Å². The van der Waals surface area contributed by atoms with Crippen molar-refractivity contribution >= 4 is 42.2 Å². The number of thioether (sulfide) groups is 1. The first-order valence-electron chi connectivity index (χ1n) is 8.55. The number of nitrogens with one attached hydrogen (secondary N) is 2. The van der Waals surface area contributed by atoms with Crippen LogP contribution >= 0.6 is 24.4 Å². The van der Waals surface area contributed by atoms with Crippen LogP contribution in [-0.2, 0) is 14.4 Å². The van der Waals surface area contributed by atoms with E-state index < -0.39 is 18.1 Å². The maximum Gasteiger partial charge on any atom is 0.326 e. The summed E-state index contributed by atoms with van der Waals surface area (Å²) in [5.41, 5.74) is 5.61. The summed E-state index contributed by atoms with van der Waals surface area (Å²) in [6.07, 6.45) is 5.41. The van der Waals surface area contributed by atoms with Crippen LogP contribution in [0.2, 0.25) is 0 Å². The zero-order valence-electron chi connectivity index (χ0n) is 14.6. The molecule has 2 atom stereocenters. The van der Waals surface area contributed by atoms with Gasteiger partial charge < -0.3 is 21.5 Å². The summed E-state index contributed by atoms with van der Waals surface area (Å²) in [6.45, 7) is 0.556. The number of carboxylic acid groups (broad SMARTS) is 1. The van der Waals surface area contributed by atoms with Crippen molar-refractivity contribution < 1.29 is 19.5 Å². The van der Waals surface area contributed by atoms with Crippen LogP contribution in [0.15, 0.2) is 0 Å². The van der Waals surface area contributed by atoms with Crippen LogP contribution in [-0.4, -0.2) is 59.3 Å². The van der Waals surface area contributed by atoms with Gasteiger partial charge in [-0.25, -0.2) is 4.79 Å². The van der Waals surface area contributed by atoms with E-state index in [2.05, 4.69) is 23.3 Å². The number of carbonyl (C=O) groups is 3. The minimum Gasteiger partial charge on any atom is -0.480 e. The normalized spacial score (nSPS) is 22.7. The van der Waals surface area contributed by atoms with E-state index in [1.54, 1.807) is 11.8 Å². The number of aliphatic carboxylic acids is 1. The Morgan fingerprint density at radius 3 is 2.44 bits per heavy atom. The molecule has 0 spiro atoms. The summed E-state index contributed by atoms with van der Waals surface area (Å²) in [5, 5.41) is 14.7. The molecule has 144 valence electrons. The van der Waals surface area contributed by atoms with Gasteiger partial charge in [0.25, 0.3) is 0 Å². The van der Waals surface area contributed by atoms with E-state index in [0.29, 0.717) is 43.2 Å². The molecule has 1 fully saturated rings. The van der Waals surface area contributed by atoms with Crippen molar-refractivity contribution in [1.82, 2.24) is 10.6 Å². The number of amides is 2. The molecule has 9 heteroatoms. The average Bonchev–Trinajstić information content (AvgIpc) is 2.62. The lowest BCUT2D eigenvalue weighted by Gasteiger charge is -2.29. The van der Waals surface area contributed by atoms with Gasteiger partial charge in [0.1, 0.15) is 6.04 Å². The molecule has 5 N–H and O–H groups in total. The van der Waals surface area contributed by atoms with Crippen LogP contribution in [0.5, 0.6) is 0 Å². The highest BCUT2D eigenvalue weighted by Gasteiger charge is 2.29. The van der Waals surface area contributed by atoms with E-state index in [0.717, 1.165) is 12.8 Å². The number of rotatable bonds is 10. The summed E-state index contributed by atoms with van der Waals surface area (Å²) < 4.78 is 0. The fraction of sp³-hybridized carbons (Fsp3) is 0.812. The van der Waals surface area contributed by atoms with Crippen LogP contribution in [0, 0.1) is 11.8 Å². The quantitative estimate of drug-likeness (QED) is 0.346. The van der Waals surface area contributed by atoms with Gasteiger partial charge in [-0.1, -0.05) is 0 Å². The van der Waals surface area contributed by atoms with Crippen molar-refractivity contribution in [1.29, 1.82) is 0 Å². The third-order valence-corrected chi connectivity index (χ3v) is 5.58. The first-order valence-corrected chi connectivity index (χ1v) is 10.6. The minimum atomic E-state index is -0.987. The second-order valence-corrected chi connectivity index (χ2v) is 7.78. The number of nitrogens with two attached hydrogens (primary N) is 1. The van der Waals surface area contributed by atoms with Gasteiger partial charge in [0.2, 0.25) is 11.8 Å². The molecule has 0 radical (unpaired) electrons. The summed E-state index contributed by atoms with van der Waals surface area (Å²) >= 11 is 5.56. The Morgan fingerprint density at radius 1 is 1.28 bits per heavy atom. The standard InChI is InChI=1S/C16H29N3O4S2/c1-25-7-6-13(16(22)23)19-14(20)11-4-2-10(3-5-11)8-18-15(21)12(17)9-24/h10-13,24H,2-9,17H2,1H3,(H,18,21)(H,19,20)(H,22,23)/t10?,11?,12-,13-/m0/s1. The lowest BCUT2D eigenvalue weighted by Crippen LogP contribution is -2.46. The molecule has 1 aliphatic rings. The Kier molecular flexibility index (Phi) is 10.3. The molecule has 1 saturated carbocycles. The average molecular weight is 392 g/mol. The molecule has 7 nitrogen and oxygen atoms in total. The highest BCUT2D eigenvalue weighted by atomic mass is 32.2. The van der Waals surface area contributed by atoms with Crippen LogP contribution in [0.4, 0.5) is 0 Å². The smallest absolute Gasteiger partial charge is 0.326 e. The highest BCUT2D eigenvalue weighted by molar-refractivity contribution is 7.98. The molecule has 2 amide bonds. The van der Waals surface area contributed by atoms with Crippen molar-refractivity contribution in [2.24, 2.45) is 17.6 Å². The molecule has 0 unspecified atom stereocenters. The largest absolute Gasteiger partial charge is 0.480 e. The molecule has 0 aromatic rings. The predicted octanol–water partition coefficient (Wildman–Crippen LogP) is 0.489. The molecule has 0 aromatic carbocycles. The number of carboxylic acids is 1. The van der Waals surface area contributed by atoms with Gasteiger partial charge >= 0.3 is 5.97 Å². The fourth-order valence-electron chi connectivity index (χ4n) is 2.87. The lowest BCUT2D eigenvalue weighted by molar-refractivity contribution is -0.142. The number of hydrogen-bond donors (Lipinski definition) is 5. The number of carbonyl (C=O) groups excluding carboxylic acids is 2. The van der Waals surface area contributed by atoms with Crippen LogP contribution in [0.1, 0.15) is 32.1 Å². The zero-order chi connectivity index (χ0) is 18.8. The Bertz CT molecular complexity index is 457. The van der Waals surface area contributed by atoms with Crippen LogP contribution in [0.25, 0.3) is 0 Å². The highest BCUT2D eigenvalue weighted by Crippen LogP contribution is 2.28. The van der Waals surface area contributed by atoms with Gasteiger partial charge in [0.05, 0.1) is 6.04 Å². The van der Waals surface area contributed by atoms with E-state index in [9.17, 15) is 19.5 Å². The Labute approximate surface area is 158 Å². The molecule has 0 bridgehead atoms. The molecule has 0 heterocycles. The first-order chi connectivity index (χ1) is 11.9. The second-order valence-electron chi connectivity index (χ2n) is 6.43. The molecule has 0 aromatic heterocycles. The molecule has 1 aliphatic carbocycles. The Balaban J connectivity index is 2.36. The van der Waals surface area contributed by atoms with E-state index in [1.807, 2.05) is 6.26 Å². The Morgan fingerprint density at radius 2 is 1.92 bits per heavy atom. The SMILES string of the molecule is CSCC[C@H](NC(=O)C1CCC(CNC(=O)[C@@H](N)CS)CC1)C(=O)O. The van der Waals surface area contributed by atoms with Crippen molar-refractivity contribution in [2.75, 3.05) is 24.3 Å². The summed E-state index contributed by atoms with van der Waals surface area (Å²) in [5.74, 6) is -0.187. The van der Waals surface area contributed by atoms with Crippen molar-refractivity contribution in [3.63, 3.8) is 0 Å². The number of hydrogen-bond acceptors (Lipinski definition) is 6. The Hall–Kier alpha value is -0.930. The molecular formula is C16H29N3O4S2. The third-order valence-electron chi connectivity index (χ3n) is 4.54. The molecule has 0 aliphatic heterocycles. The number of thiol groups is 1. The maximum absolute atomic E-state index is 12.3. The van der Waals surface area contributed by atoms with Crippen molar-refractivity contribution in [2.45, 2.75) is 44.2 Å². The van der Waals surface area contributed by atoms with E-state index >= 15 is 0 Å². The monoisotopic (exact) mass is 391 g/mol. The van der Waals surface area contributed by atoms with Gasteiger partial charge in [0.15, 0.2) is 0 Å². The van der Waals surface area contributed by atoms with Gasteiger partial charge in [-0.3, -0.25) is 9.59 Å². The van der Waals surface area contributed by atoms with Gasteiger partial charge in [-0.05, 0) is 50.0 Å². The van der Waals surface area contributed by atoms with Gasteiger partial charge in [-0.2, -0.15) is 24.4 Å². The van der Waals surface area contributed by atoms with Crippen molar-refractivity contribution in [3.8, 4) is 0 Å². The van der Waals surface area contributed by atoms with Crippen LogP contribution in [0.3, 0.4) is 0 Å². The molecule has 1 rings (SSSR count). The molecule has 0 saturated heterocycles. The van der Waals surface area contributed by atoms with Crippen LogP contribution < -0.4 is 16.4 Å².